The molecule has 15 heavy (non-hydrogen) atoms. The summed E-state index contributed by atoms with van der Waals surface area (Å²) in [5.74, 6) is 1.35. The van der Waals surface area contributed by atoms with Crippen LogP contribution in [0.5, 0.6) is 0 Å². The van der Waals surface area contributed by atoms with Gasteiger partial charge in [0.05, 0.1) is 0 Å². The fourth-order valence-electron chi connectivity index (χ4n) is 1.67. The Hall–Kier alpha value is -1.09. The van der Waals surface area contributed by atoms with Gasteiger partial charge >= 0.3 is 0 Å². The molecule has 0 amide bonds. The van der Waals surface area contributed by atoms with Crippen molar-refractivity contribution in [3.05, 3.63) is 23.9 Å². The van der Waals surface area contributed by atoms with Crippen molar-refractivity contribution in [1.82, 2.24) is 10.3 Å². The molecule has 1 atom stereocenters. The Morgan fingerprint density at radius 3 is 2.73 bits per heavy atom. The molecule has 0 saturated heterocycles. The van der Waals surface area contributed by atoms with Gasteiger partial charge in [0, 0.05) is 24.3 Å². The van der Waals surface area contributed by atoms with Crippen molar-refractivity contribution in [3.8, 4) is 0 Å². The van der Waals surface area contributed by atoms with E-state index in [4.69, 9.17) is 5.73 Å². The molecule has 1 heterocycles. The molecular formula is C12H21N3. The first-order valence-corrected chi connectivity index (χ1v) is 5.52. The monoisotopic (exact) mass is 207 g/mol. The highest BCUT2D eigenvalue weighted by Crippen LogP contribution is 2.08. The van der Waals surface area contributed by atoms with Crippen molar-refractivity contribution >= 4 is 5.82 Å². The minimum atomic E-state index is 0.518. The lowest BCUT2D eigenvalue weighted by Crippen LogP contribution is -2.27. The normalized spacial score (nSPS) is 13.1. The average molecular weight is 207 g/mol. The second-order valence-corrected chi connectivity index (χ2v) is 4.46. The molecule has 3 heteroatoms. The highest BCUT2D eigenvalue weighted by molar-refractivity contribution is 5.38. The Kier molecular flexibility index (Phi) is 4.56. The van der Waals surface area contributed by atoms with Crippen LogP contribution in [0.15, 0.2) is 18.3 Å². The second-order valence-electron chi connectivity index (χ2n) is 4.46. The van der Waals surface area contributed by atoms with Gasteiger partial charge in [-0.05, 0) is 25.3 Å². The Balaban J connectivity index is 2.40. The van der Waals surface area contributed by atoms with Crippen LogP contribution < -0.4 is 11.1 Å². The summed E-state index contributed by atoms with van der Waals surface area (Å²) in [5.41, 5.74) is 6.83. The maximum Gasteiger partial charge on any atom is 0.127 e. The summed E-state index contributed by atoms with van der Waals surface area (Å²) < 4.78 is 0. The van der Waals surface area contributed by atoms with E-state index < -0.39 is 0 Å². The third kappa shape index (κ3) is 4.30. The van der Waals surface area contributed by atoms with Crippen LogP contribution in [0.4, 0.5) is 5.82 Å². The third-order valence-corrected chi connectivity index (χ3v) is 2.39. The number of nitrogens with zero attached hydrogens (tertiary/aromatic N) is 1. The summed E-state index contributed by atoms with van der Waals surface area (Å²) in [5, 5.41) is 3.45. The summed E-state index contributed by atoms with van der Waals surface area (Å²) in [6, 6.07) is 4.45. The molecule has 1 unspecified atom stereocenters. The number of hydrogen-bond acceptors (Lipinski definition) is 3. The topological polar surface area (TPSA) is 50.9 Å². The lowest BCUT2D eigenvalue weighted by Gasteiger charge is -2.16. The fourth-order valence-corrected chi connectivity index (χ4v) is 1.67. The molecule has 1 aromatic heterocycles. The number of rotatable bonds is 5. The van der Waals surface area contributed by atoms with E-state index in [0.29, 0.717) is 11.9 Å². The average Bonchev–Trinajstić information content (AvgIpc) is 2.15. The van der Waals surface area contributed by atoms with E-state index in [1.807, 2.05) is 12.1 Å². The van der Waals surface area contributed by atoms with Crippen LogP contribution in [0.1, 0.15) is 32.8 Å². The molecule has 1 aromatic rings. The maximum atomic E-state index is 5.76. The fraction of sp³-hybridized carbons (Fsp3) is 0.583. The molecule has 3 nitrogen and oxygen atoms in total. The zero-order valence-electron chi connectivity index (χ0n) is 9.83. The summed E-state index contributed by atoms with van der Waals surface area (Å²) in [7, 11) is 0. The van der Waals surface area contributed by atoms with E-state index in [9.17, 15) is 0 Å². The van der Waals surface area contributed by atoms with Gasteiger partial charge in [-0.1, -0.05) is 19.9 Å². The van der Waals surface area contributed by atoms with Crippen LogP contribution in [-0.2, 0) is 6.54 Å². The predicted octanol–water partition coefficient (Wildman–Crippen LogP) is 2.19. The number of nitrogen functional groups attached to an aromatic ring is 1. The minimum absolute atomic E-state index is 0.518. The largest absolute Gasteiger partial charge is 0.383 e. The van der Waals surface area contributed by atoms with Crippen molar-refractivity contribution in [2.24, 2.45) is 5.92 Å². The first-order valence-electron chi connectivity index (χ1n) is 5.52. The van der Waals surface area contributed by atoms with Crippen molar-refractivity contribution in [2.75, 3.05) is 5.73 Å². The lowest BCUT2D eigenvalue weighted by molar-refractivity contribution is 0.441. The number of pyridine rings is 1. The van der Waals surface area contributed by atoms with Gasteiger partial charge in [-0.25, -0.2) is 4.98 Å². The third-order valence-electron chi connectivity index (χ3n) is 2.39. The van der Waals surface area contributed by atoms with E-state index in [0.717, 1.165) is 18.0 Å². The minimum Gasteiger partial charge on any atom is -0.383 e. The van der Waals surface area contributed by atoms with Crippen LogP contribution in [0.3, 0.4) is 0 Å². The van der Waals surface area contributed by atoms with Crippen LogP contribution in [0, 0.1) is 5.92 Å². The van der Waals surface area contributed by atoms with Gasteiger partial charge in [0.2, 0.25) is 0 Å². The van der Waals surface area contributed by atoms with E-state index in [1.165, 1.54) is 6.42 Å². The van der Waals surface area contributed by atoms with Crippen molar-refractivity contribution in [3.63, 3.8) is 0 Å². The number of hydrogen-bond donors (Lipinski definition) is 2. The van der Waals surface area contributed by atoms with Gasteiger partial charge in [0.25, 0.3) is 0 Å². The zero-order valence-corrected chi connectivity index (χ0v) is 9.83. The zero-order chi connectivity index (χ0) is 11.3. The summed E-state index contributed by atoms with van der Waals surface area (Å²) in [6.07, 6.45) is 2.90. The Morgan fingerprint density at radius 1 is 1.40 bits per heavy atom. The quantitative estimate of drug-likeness (QED) is 0.778. The van der Waals surface area contributed by atoms with Crippen molar-refractivity contribution in [2.45, 2.75) is 39.8 Å². The highest BCUT2D eigenvalue weighted by atomic mass is 14.9. The summed E-state index contributed by atoms with van der Waals surface area (Å²) >= 11 is 0. The standard InChI is InChI=1S/C12H21N3/c1-9(2)7-10(3)15-8-11-5-4-6-14-12(11)13/h4-6,9-10,15H,7-8H2,1-3H3,(H2,13,14). The molecule has 3 N–H and O–H groups in total. The molecule has 84 valence electrons. The summed E-state index contributed by atoms with van der Waals surface area (Å²) in [4.78, 5) is 4.06. The first kappa shape index (κ1) is 12.0. The summed E-state index contributed by atoms with van der Waals surface area (Å²) in [6.45, 7) is 7.47. The van der Waals surface area contributed by atoms with E-state index in [2.05, 4.69) is 31.1 Å². The molecular weight excluding hydrogens is 186 g/mol. The smallest absolute Gasteiger partial charge is 0.127 e. The van der Waals surface area contributed by atoms with Crippen LogP contribution in [0.2, 0.25) is 0 Å². The van der Waals surface area contributed by atoms with Crippen molar-refractivity contribution < 1.29 is 0 Å². The van der Waals surface area contributed by atoms with Gasteiger partial charge in [0.15, 0.2) is 0 Å². The number of nitrogens with two attached hydrogens (primary N) is 1. The molecule has 0 saturated carbocycles. The lowest BCUT2D eigenvalue weighted by atomic mass is 10.1. The van der Waals surface area contributed by atoms with Gasteiger partial charge in [0.1, 0.15) is 5.82 Å². The molecule has 0 fully saturated rings. The maximum absolute atomic E-state index is 5.76. The highest BCUT2D eigenvalue weighted by Gasteiger charge is 2.05. The molecule has 0 radical (unpaired) electrons. The van der Waals surface area contributed by atoms with Crippen LogP contribution in [0.25, 0.3) is 0 Å². The number of nitrogens with one attached hydrogen (secondary N) is 1. The van der Waals surface area contributed by atoms with E-state index in [1.54, 1.807) is 6.20 Å². The van der Waals surface area contributed by atoms with Gasteiger partial charge < -0.3 is 11.1 Å². The van der Waals surface area contributed by atoms with Crippen molar-refractivity contribution in [1.29, 1.82) is 0 Å². The number of aromatic nitrogens is 1. The van der Waals surface area contributed by atoms with Crippen LogP contribution in [-0.4, -0.2) is 11.0 Å². The second kappa shape index (κ2) is 5.71. The van der Waals surface area contributed by atoms with Gasteiger partial charge in [-0.3, -0.25) is 0 Å². The SMILES string of the molecule is CC(C)CC(C)NCc1cccnc1N. The first-order chi connectivity index (χ1) is 7.09. The molecule has 0 aromatic carbocycles. The van der Waals surface area contributed by atoms with Gasteiger partial charge in [-0.15, -0.1) is 0 Å². The molecule has 0 aliphatic rings. The van der Waals surface area contributed by atoms with Crippen LogP contribution >= 0.6 is 0 Å². The Morgan fingerprint density at radius 2 is 2.13 bits per heavy atom. The van der Waals surface area contributed by atoms with Gasteiger partial charge in [-0.2, -0.15) is 0 Å². The van der Waals surface area contributed by atoms with E-state index in [-0.39, 0.29) is 0 Å². The molecule has 0 spiro atoms. The Bertz CT molecular complexity index is 297. The molecule has 0 aliphatic heterocycles. The van der Waals surface area contributed by atoms with E-state index >= 15 is 0 Å². The Labute approximate surface area is 92.1 Å². The molecule has 1 rings (SSSR count). The molecule has 0 bridgehead atoms. The molecule has 0 aliphatic carbocycles. The number of anilines is 1. The predicted molar refractivity (Wildman–Crippen MR) is 64.4 cm³/mol.